The Morgan fingerprint density at radius 3 is 2.62 bits per heavy atom. The second-order valence-electron chi connectivity index (χ2n) is 5.04. The summed E-state index contributed by atoms with van der Waals surface area (Å²) in [6, 6.07) is 5.84. The average Bonchev–Trinajstić information content (AvgIpc) is 3.04. The Balaban J connectivity index is 2.20. The van der Waals surface area contributed by atoms with Crippen molar-refractivity contribution in [3.8, 4) is 5.75 Å². The maximum absolute atomic E-state index is 6.03. The van der Waals surface area contributed by atoms with Crippen LogP contribution in [0.15, 0.2) is 18.2 Å². The summed E-state index contributed by atoms with van der Waals surface area (Å²) in [6.45, 7) is 4.45. The van der Waals surface area contributed by atoms with Crippen LogP contribution in [-0.4, -0.2) is 12.6 Å². The van der Waals surface area contributed by atoms with Crippen LogP contribution in [0.25, 0.3) is 0 Å². The maximum Gasteiger partial charge on any atom is 0.143 e. The molecule has 0 bridgehead atoms. The molecule has 0 amide bonds. The van der Waals surface area contributed by atoms with Crippen LogP contribution in [0.5, 0.6) is 5.75 Å². The molecule has 0 aromatic heterocycles. The molecular weight excluding hydrogens is 200 g/mol. The fourth-order valence-corrected chi connectivity index (χ4v) is 2.09. The second kappa shape index (κ2) is 3.89. The number of hydrogen-bond donors (Lipinski definition) is 2. The van der Waals surface area contributed by atoms with Crippen LogP contribution in [0.2, 0.25) is 0 Å². The van der Waals surface area contributed by atoms with Gasteiger partial charge in [-0.3, -0.25) is 0 Å². The molecule has 1 aromatic rings. The molecule has 2 rings (SSSR count). The van der Waals surface area contributed by atoms with Crippen molar-refractivity contribution in [1.82, 2.24) is 0 Å². The van der Waals surface area contributed by atoms with E-state index < -0.39 is 0 Å². The SMILES string of the molecule is COc1cccc(NC(C)(C)C2CC2)c1N. The zero-order chi connectivity index (χ0) is 11.8. The maximum atomic E-state index is 6.03. The van der Waals surface area contributed by atoms with Crippen molar-refractivity contribution in [3.63, 3.8) is 0 Å². The smallest absolute Gasteiger partial charge is 0.143 e. The first-order valence-corrected chi connectivity index (χ1v) is 5.75. The molecule has 0 radical (unpaired) electrons. The summed E-state index contributed by atoms with van der Waals surface area (Å²) in [4.78, 5) is 0. The molecule has 0 aliphatic heterocycles. The lowest BCUT2D eigenvalue weighted by molar-refractivity contribution is 0.417. The van der Waals surface area contributed by atoms with Gasteiger partial charge in [-0.15, -0.1) is 0 Å². The zero-order valence-electron chi connectivity index (χ0n) is 10.2. The Morgan fingerprint density at radius 1 is 1.38 bits per heavy atom. The number of anilines is 2. The van der Waals surface area contributed by atoms with E-state index in [9.17, 15) is 0 Å². The van der Waals surface area contributed by atoms with Crippen molar-refractivity contribution in [2.45, 2.75) is 32.2 Å². The molecule has 3 nitrogen and oxygen atoms in total. The Kier molecular flexibility index (Phi) is 2.70. The van der Waals surface area contributed by atoms with Crippen LogP contribution in [0.1, 0.15) is 26.7 Å². The minimum atomic E-state index is 0.112. The Morgan fingerprint density at radius 2 is 2.06 bits per heavy atom. The van der Waals surface area contributed by atoms with Crippen LogP contribution >= 0.6 is 0 Å². The summed E-state index contributed by atoms with van der Waals surface area (Å²) in [5.74, 6) is 1.50. The highest BCUT2D eigenvalue weighted by Gasteiger charge is 2.37. The van der Waals surface area contributed by atoms with Crippen LogP contribution in [-0.2, 0) is 0 Å². The molecule has 1 aromatic carbocycles. The number of nitrogens with two attached hydrogens (primary N) is 1. The van der Waals surface area contributed by atoms with Gasteiger partial charge in [-0.25, -0.2) is 0 Å². The van der Waals surface area contributed by atoms with Crippen molar-refractivity contribution >= 4 is 11.4 Å². The van der Waals surface area contributed by atoms with Crippen molar-refractivity contribution in [3.05, 3.63) is 18.2 Å². The summed E-state index contributed by atoms with van der Waals surface area (Å²) in [6.07, 6.45) is 2.62. The number of ether oxygens (including phenoxy) is 1. The quantitative estimate of drug-likeness (QED) is 0.767. The molecule has 0 saturated heterocycles. The highest BCUT2D eigenvalue weighted by molar-refractivity contribution is 5.73. The molecule has 0 heterocycles. The molecule has 3 heteroatoms. The molecule has 0 unspecified atom stereocenters. The van der Waals surface area contributed by atoms with Crippen LogP contribution in [0.3, 0.4) is 0 Å². The first-order chi connectivity index (χ1) is 7.54. The van der Waals surface area contributed by atoms with Crippen LogP contribution in [0, 0.1) is 5.92 Å². The molecule has 1 saturated carbocycles. The van der Waals surface area contributed by atoms with Gasteiger partial charge < -0.3 is 15.8 Å². The van der Waals surface area contributed by atoms with Gasteiger partial charge in [-0.05, 0) is 44.7 Å². The number of rotatable bonds is 4. The first-order valence-electron chi connectivity index (χ1n) is 5.75. The number of methoxy groups -OCH3 is 1. The molecule has 88 valence electrons. The average molecular weight is 220 g/mol. The zero-order valence-corrected chi connectivity index (χ0v) is 10.2. The molecule has 16 heavy (non-hydrogen) atoms. The van der Waals surface area contributed by atoms with Gasteiger partial charge in [0.15, 0.2) is 0 Å². The Hall–Kier alpha value is -1.38. The first kappa shape index (κ1) is 11.1. The third kappa shape index (κ3) is 2.08. The fraction of sp³-hybridized carbons (Fsp3) is 0.538. The van der Waals surface area contributed by atoms with Gasteiger partial charge in [0.1, 0.15) is 5.75 Å². The number of para-hydroxylation sites is 1. The summed E-state index contributed by atoms with van der Waals surface area (Å²) in [5, 5.41) is 3.52. The van der Waals surface area contributed by atoms with Gasteiger partial charge in [0, 0.05) is 5.54 Å². The van der Waals surface area contributed by atoms with Gasteiger partial charge in [0.05, 0.1) is 18.5 Å². The monoisotopic (exact) mass is 220 g/mol. The number of nitrogen functional groups attached to an aromatic ring is 1. The lowest BCUT2D eigenvalue weighted by atomic mass is 9.98. The molecule has 0 spiro atoms. The van der Waals surface area contributed by atoms with Crippen molar-refractivity contribution < 1.29 is 4.74 Å². The second-order valence-corrected chi connectivity index (χ2v) is 5.04. The van der Waals surface area contributed by atoms with Gasteiger partial charge in [0.25, 0.3) is 0 Å². The van der Waals surface area contributed by atoms with Crippen LogP contribution < -0.4 is 15.8 Å². The minimum absolute atomic E-state index is 0.112. The number of hydrogen-bond acceptors (Lipinski definition) is 3. The van der Waals surface area contributed by atoms with Gasteiger partial charge >= 0.3 is 0 Å². The third-order valence-electron chi connectivity index (χ3n) is 3.34. The third-order valence-corrected chi connectivity index (χ3v) is 3.34. The standard InChI is InChI=1S/C13H20N2O/c1-13(2,9-7-8-9)15-10-5-4-6-11(16-3)12(10)14/h4-6,9,15H,7-8,14H2,1-3H3. The summed E-state index contributed by atoms with van der Waals surface area (Å²) >= 11 is 0. The highest BCUT2D eigenvalue weighted by Crippen LogP contribution is 2.42. The predicted octanol–water partition coefficient (Wildman–Crippen LogP) is 2.88. The molecule has 0 atom stereocenters. The topological polar surface area (TPSA) is 47.3 Å². The molecule has 1 fully saturated rings. The Labute approximate surface area is 97.0 Å². The van der Waals surface area contributed by atoms with E-state index in [1.54, 1.807) is 7.11 Å². The largest absolute Gasteiger partial charge is 0.495 e. The van der Waals surface area contributed by atoms with E-state index in [0.29, 0.717) is 5.69 Å². The van der Waals surface area contributed by atoms with Gasteiger partial charge in [0.2, 0.25) is 0 Å². The minimum Gasteiger partial charge on any atom is -0.495 e. The van der Waals surface area contributed by atoms with Crippen molar-refractivity contribution in [1.29, 1.82) is 0 Å². The van der Waals surface area contributed by atoms with E-state index in [0.717, 1.165) is 17.4 Å². The van der Waals surface area contributed by atoms with E-state index >= 15 is 0 Å². The molecule has 1 aliphatic rings. The normalized spacial score (nSPS) is 15.9. The summed E-state index contributed by atoms with van der Waals surface area (Å²) in [7, 11) is 1.64. The van der Waals surface area contributed by atoms with Crippen molar-refractivity contribution in [2.75, 3.05) is 18.2 Å². The fourth-order valence-electron chi connectivity index (χ4n) is 2.09. The molecule has 3 N–H and O–H groups in total. The highest BCUT2D eigenvalue weighted by atomic mass is 16.5. The number of benzene rings is 1. The van der Waals surface area contributed by atoms with E-state index in [1.165, 1.54) is 12.8 Å². The summed E-state index contributed by atoms with van der Waals surface area (Å²) < 4.78 is 5.21. The summed E-state index contributed by atoms with van der Waals surface area (Å²) in [5.41, 5.74) is 7.81. The van der Waals surface area contributed by atoms with Crippen molar-refractivity contribution in [2.24, 2.45) is 5.92 Å². The van der Waals surface area contributed by atoms with E-state index in [2.05, 4.69) is 19.2 Å². The van der Waals surface area contributed by atoms with Gasteiger partial charge in [-0.2, -0.15) is 0 Å². The van der Waals surface area contributed by atoms with E-state index in [-0.39, 0.29) is 5.54 Å². The van der Waals surface area contributed by atoms with E-state index in [4.69, 9.17) is 10.5 Å². The van der Waals surface area contributed by atoms with Gasteiger partial charge in [-0.1, -0.05) is 6.07 Å². The lowest BCUT2D eigenvalue weighted by Gasteiger charge is -2.28. The lowest BCUT2D eigenvalue weighted by Crippen LogP contribution is -2.33. The predicted molar refractivity (Wildman–Crippen MR) is 67.8 cm³/mol. The Bertz CT molecular complexity index is 384. The molecule has 1 aliphatic carbocycles. The number of nitrogens with one attached hydrogen (secondary N) is 1. The van der Waals surface area contributed by atoms with Crippen LogP contribution in [0.4, 0.5) is 11.4 Å². The van der Waals surface area contributed by atoms with E-state index in [1.807, 2.05) is 18.2 Å². The molecular formula is C13H20N2O.